The molecule has 2 aromatic carbocycles. The molecule has 1 unspecified atom stereocenters. The Hall–Kier alpha value is -0.830. The van der Waals surface area contributed by atoms with Gasteiger partial charge in [-0.2, -0.15) is 0 Å². The Labute approximate surface area is 127 Å². The van der Waals surface area contributed by atoms with E-state index in [4.69, 9.17) is 16.3 Å². The molecule has 0 radical (unpaired) electrons. The normalized spacial score (nSPS) is 12.3. The molecule has 0 heterocycles. The summed E-state index contributed by atoms with van der Waals surface area (Å²) in [4.78, 5) is 0. The quantitative estimate of drug-likeness (QED) is 0.670. The summed E-state index contributed by atoms with van der Waals surface area (Å²) in [5.41, 5.74) is 2.40. The fraction of sp³-hybridized carbons (Fsp3) is 0.250. The fourth-order valence-corrected chi connectivity index (χ4v) is 2.67. The van der Waals surface area contributed by atoms with Crippen LogP contribution in [0.3, 0.4) is 0 Å². The SMILES string of the molecule is Clc1cccc(COCC(CBr)c2ccccc2)c1. The Kier molecular flexibility index (Phi) is 5.90. The van der Waals surface area contributed by atoms with Crippen molar-refractivity contribution in [1.82, 2.24) is 0 Å². The van der Waals surface area contributed by atoms with Gasteiger partial charge in [0, 0.05) is 16.3 Å². The van der Waals surface area contributed by atoms with Gasteiger partial charge >= 0.3 is 0 Å². The number of benzene rings is 2. The van der Waals surface area contributed by atoms with E-state index in [2.05, 4.69) is 40.2 Å². The molecule has 0 saturated carbocycles. The van der Waals surface area contributed by atoms with Crippen molar-refractivity contribution in [3.63, 3.8) is 0 Å². The Balaban J connectivity index is 1.87. The number of rotatable bonds is 6. The average Bonchev–Trinajstić information content (AvgIpc) is 2.45. The molecule has 0 aromatic heterocycles. The van der Waals surface area contributed by atoms with Gasteiger partial charge in [0.2, 0.25) is 0 Å². The Bertz CT molecular complexity index is 501. The van der Waals surface area contributed by atoms with Gasteiger partial charge < -0.3 is 4.74 Å². The van der Waals surface area contributed by atoms with Crippen LogP contribution < -0.4 is 0 Å². The van der Waals surface area contributed by atoms with Crippen molar-refractivity contribution in [3.8, 4) is 0 Å². The van der Waals surface area contributed by atoms with Crippen molar-refractivity contribution in [3.05, 3.63) is 70.7 Å². The topological polar surface area (TPSA) is 9.23 Å². The van der Waals surface area contributed by atoms with Crippen LogP contribution >= 0.6 is 27.5 Å². The lowest BCUT2D eigenvalue weighted by atomic mass is 10.0. The van der Waals surface area contributed by atoms with Crippen molar-refractivity contribution >= 4 is 27.5 Å². The zero-order valence-corrected chi connectivity index (χ0v) is 12.9. The molecule has 1 atom stereocenters. The van der Waals surface area contributed by atoms with Gasteiger partial charge in [0.05, 0.1) is 13.2 Å². The molecule has 0 aliphatic rings. The number of halogens is 2. The molecular formula is C16H16BrClO. The monoisotopic (exact) mass is 338 g/mol. The predicted molar refractivity (Wildman–Crippen MR) is 84.1 cm³/mol. The van der Waals surface area contributed by atoms with Crippen LogP contribution in [0, 0.1) is 0 Å². The molecule has 2 rings (SSSR count). The summed E-state index contributed by atoms with van der Waals surface area (Å²) in [6, 6.07) is 18.2. The number of hydrogen-bond acceptors (Lipinski definition) is 1. The first-order valence-electron chi connectivity index (χ1n) is 6.22. The van der Waals surface area contributed by atoms with Gasteiger partial charge in [-0.25, -0.2) is 0 Å². The Morgan fingerprint density at radius 3 is 2.53 bits per heavy atom. The minimum atomic E-state index is 0.375. The second-order valence-electron chi connectivity index (χ2n) is 4.41. The molecule has 0 aliphatic heterocycles. The highest BCUT2D eigenvalue weighted by Gasteiger charge is 2.09. The van der Waals surface area contributed by atoms with Crippen LogP contribution in [-0.2, 0) is 11.3 Å². The van der Waals surface area contributed by atoms with Gasteiger partial charge in [0.25, 0.3) is 0 Å². The van der Waals surface area contributed by atoms with Crippen LogP contribution in [0.1, 0.15) is 17.0 Å². The largest absolute Gasteiger partial charge is 0.376 e. The zero-order chi connectivity index (χ0) is 13.5. The minimum absolute atomic E-state index is 0.375. The van der Waals surface area contributed by atoms with Gasteiger partial charge in [-0.1, -0.05) is 70.0 Å². The number of alkyl halides is 1. The first kappa shape index (κ1) is 14.6. The molecule has 2 aromatic rings. The predicted octanol–water partition coefficient (Wildman–Crippen LogP) is 5.04. The molecule has 100 valence electrons. The molecule has 1 nitrogen and oxygen atoms in total. The van der Waals surface area contributed by atoms with Crippen molar-refractivity contribution in [1.29, 1.82) is 0 Å². The van der Waals surface area contributed by atoms with E-state index < -0.39 is 0 Å². The Morgan fingerprint density at radius 2 is 1.84 bits per heavy atom. The molecule has 0 spiro atoms. The third kappa shape index (κ3) is 4.64. The van der Waals surface area contributed by atoms with E-state index >= 15 is 0 Å². The summed E-state index contributed by atoms with van der Waals surface area (Å²) in [6.45, 7) is 1.29. The average molecular weight is 340 g/mol. The molecule has 0 fully saturated rings. The molecule has 0 saturated heterocycles. The summed E-state index contributed by atoms with van der Waals surface area (Å²) >= 11 is 9.50. The maximum Gasteiger partial charge on any atom is 0.0717 e. The van der Waals surface area contributed by atoms with E-state index in [1.54, 1.807) is 0 Å². The summed E-state index contributed by atoms with van der Waals surface area (Å²) in [5.74, 6) is 0.375. The third-order valence-electron chi connectivity index (χ3n) is 2.93. The molecule has 0 amide bonds. The molecule has 0 aliphatic carbocycles. The van der Waals surface area contributed by atoms with E-state index in [9.17, 15) is 0 Å². The van der Waals surface area contributed by atoms with E-state index in [0.717, 1.165) is 15.9 Å². The third-order valence-corrected chi connectivity index (χ3v) is 3.95. The van der Waals surface area contributed by atoms with Crippen LogP contribution in [0.2, 0.25) is 5.02 Å². The van der Waals surface area contributed by atoms with Gasteiger partial charge in [-0.05, 0) is 23.3 Å². The second-order valence-corrected chi connectivity index (χ2v) is 5.49. The smallest absolute Gasteiger partial charge is 0.0717 e. The highest BCUT2D eigenvalue weighted by atomic mass is 79.9. The lowest BCUT2D eigenvalue weighted by Crippen LogP contribution is -2.09. The molecular weight excluding hydrogens is 324 g/mol. The highest BCUT2D eigenvalue weighted by Crippen LogP contribution is 2.19. The van der Waals surface area contributed by atoms with Gasteiger partial charge in [0.1, 0.15) is 0 Å². The minimum Gasteiger partial charge on any atom is -0.376 e. The molecule has 0 bridgehead atoms. The van der Waals surface area contributed by atoms with Crippen molar-refractivity contribution < 1.29 is 4.74 Å². The maximum absolute atomic E-state index is 5.95. The number of hydrogen-bond donors (Lipinski definition) is 0. The van der Waals surface area contributed by atoms with Crippen molar-refractivity contribution in [2.24, 2.45) is 0 Å². The Morgan fingerprint density at radius 1 is 1.05 bits per heavy atom. The van der Waals surface area contributed by atoms with Crippen LogP contribution in [0.15, 0.2) is 54.6 Å². The van der Waals surface area contributed by atoms with Crippen molar-refractivity contribution in [2.75, 3.05) is 11.9 Å². The lowest BCUT2D eigenvalue weighted by Gasteiger charge is -2.15. The fourth-order valence-electron chi connectivity index (χ4n) is 1.90. The van der Waals surface area contributed by atoms with Gasteiger partial charge in [-0.15, -0.1) is 0 Å². The van der Waals surface area contributed by atoms with E-state index in [1.165, 1.54) is 5.56 Å². The summed E-state index contributed by atoms with van der Waals surface area (Å²) in [5, 5.41) is 1.65. The standard InChI is InChI=1S/C16H16BrClO/c17-10-15(14-6-2-1-3-7-14)12-19-11-13-5-4-8-16(18)9-13/h1-9,15H,10-12H2. The summed E-state index contributed by atoms with van der Waals surface area (Å²) in [7, 11) is 0. The molecule has 0 N–H and O–H groups in total. The van der Waals surface area contributed by atoms with E-state index in [0.29, 0.717) is 19.1 Å². The lowest BCUT2D eigenvalue weighted by molar-refractivity contribution is 0.111. The first-order valence-corrected chi connectivity index (χ1v) is 7.72. The van der Waals surface area contributed by atoms with Crippen LogP contribution in [0.25, 0.3) is 0 Å². The van der Waals surface area contributed by atoms with E-state index in [-0.39, 0.29) is 0 Å². The second kappa shape index (κ2) is 7.68. The number of ether oxygens (including phenoxy) is 1. The molecule has 19 heavy (non-hydrogen) atoms. The van der Waals surface area contributed by atoms with Crippen LogP contribution in [-0.4, -0.2) is 11.9 Å². The van der Waals surface area contributed by atoms with Gasteiger partial charge in [0.15, 0.2) is 0 Å². The first-order chi connectivity index (χ1) is 9.29. The zero-order valence-electron chi connectivity index (χ0n) is 10.6. The van der Waals surface area contributed by atoms with Crippen LogP contribution in [0.4, 0.5) is 0 Å². The van der Waals surface area contributed by atoms with E-state index in [1.807, 2.05) is 30.3 Å². The maximum atomic E-state index is 5.95. The van der Waals surface area contributed by atoms with Crippen molar-refractivity contribution in [2.45, 2.75) is 12.5 Å². The summed E-state index contributed by atoms with van der Waals surface area (Å²) < 4.78 is 5.79. The summed E-state index contributed by atoms with van der Waals surface area (Å²) in [6.07, 6.45) is 0. The van der Waals surface area contributed by atoms with Gasteiger partial charge in [-0.3, -0.25) is 0 Å². The molecule has 3 heteroatoms. The van der Waals surface area contributed by atoms with Crippen LogP contribution in [0.5, 0.6) is 0 Å². The highest BCUT2D eigenvalue weighted by molar-refractivity contribution is 9.09.